The number of nitrogens with one attached hydrogen (secondary N) is 1. The fourth-order valence-electron chi connectivity index (χ4n) is 2.63. The Kier molecular flexibility index (Phi) is 7.07. The van der Waals surface area contributed by atoms with Crippen molar-refractivity contribution in [2.45, 2.75) is 33.7 Å². The maximum Gasteiger partial charge on any atom is 0.241 e. The highest BCUT2D eigenvalue weighted by Crippen LogP contribution is 2.21. The predicted molar refractivity (Wildman–Crippen MR) is 112 cm³/mol. The summed E-state index contributed by atoms with van der Waals surface area (Å²) in [5.41, 5.74) is 3.64. The van der Waals surface area contributed by atoms with Crippen LogP contribution in [-0.2, 0) is 14.8 Å². The Morgan fingerprint density at radius 2 is 1.71 bits per heavy atom. The first-order chi connectivity index (χ1) is 13.1. The monoisotopic (exact) mass is 404 g/mol. The molecule has 0 saturated heterocycles. The van der Waals surface area contributed by atoms with Gasteiger partial charge in [-0.3, -0.25) is 9.10 Å². The third-order valence-electron chi connectivity index (χ3n) is 4.39. The summed E-state index contributed by atoms with van der Waals surface area (Å²) in [6.45, 7) is 7.67. The Labute approximate surface area is 167 Å². The number of rotatable bonds is 8. The van der Waals surface area contributed by atoms with Crippen LogP contribution >= 0.6 is 0 Å². The van der Waals surface area contributed by atoms with Gasteiger partial charge in [0.15, 0.2) is 0 Å². The number of nitrogens with zero attached hydrogens (tertiary/aromatic N) is 1. The minimum atomic E-state index is -3.60. The van der Waals surface area contributed by atoms with E-state index >= 15 is 0 Å². The van der Waals surface area contributed by atoms with Crippen LogP contribution in [-0.4, -0.2) is 39.8 Å². The Morgan fingerprint density at radius 3 is 2.29 bits per heavy atom. The molecule has 2 rings (SSSR count). The molecule has 0 fully saturated rings. The van der Waals surface area contributed by atoms with Crippen LogP contribution in [0, 0.1) is 20.8 Å². The number of amides is 1. The zero-order valence-electron chi connectivity index (χ0n) is 17.0. The lowest BCUT2D eigenvalue weighted by Gasteiger charge is -2.24. The van der Waals surface area contributed by atoms with E-state index in [1.807, 2.05) is 58.0 Å². The summed E-state index contributed by atoms with van der Waals surface area (Å²) in [7, 11) is -3.60. The van der Waals surface area contributed by atoms with E-state index in [1.54, 1.807) is 12.1 Å². The molecule has 152 valence electrons. The van der Waals surface area contributed by atoms with E-state index in [9.17, 15) is 13.2 Å². The Hall–Kier alpha value is -2.54. The molecule has 2 aromatic rings. The molecule has 6 nitrogen and oxygen atoms in total. The van der Waals surface area contributed by atoms with Gasteiger partial charge in [-0.15, -0.1) is 0 Å². The van der Waals surface area contributed by atoms with E-state index in [0.29, 0.717) is 5.69 Å². The number of sulfonamides is 1. The van der Waals surface area contributed by atoms with Crippen LogP contribution in [0.2, 0.25) is 0 Å². The molecule has 0 spiro atoms. The van der Waals surface area contributed by atoms with Crippen LogP contribution in [0.25, 0.3) is 0 Å². The maximum atomic E-state index is 12.4. The van der Waals surface area contributed by atoms with E-state index in [4.69, 9.17) is 4.74 Å². The van der Waals surface area contributed by atoms with Crippen molar-refractivity contribution in [3.63, 3.8) is 0 Å². The first-order valence-electron chi connectivity index (χ1n) is 9.10. The molecule has 0 bridgehead atoms. The number of carbonyl (C=O) groups is 1. The second-order valence-electron chi connectivity index (χ2n) is 7.13. The van der Waals surface area contributed by atoms with Crippen molar-refractivity contribution >= 4 is 21.6 Å². The predicted octanol–water partition coefficient (Wildman–Crippen LogP) is 2.96. The third-order valence-corrected chi connectivity index (χ3v) is 5.53. The minimum Gasteiger partial charge on any atom is -0.491 e. The van der Waals surface area contributed by atoms with E-state index in [-0.39, 0.29) is 25.1 Å². The van der Waals surface area contributed by atoms with Crippen LogP contribution in [0.1, 0.15) is 23.6 Å². The highest BCUT2D eigenvalue weighted by molar-refractivity contribution is 7.92. The van der Waals surface area contributed by atoms with E-state index in [2.05, 4.69) is 5.32 Å². The second-order valence-corrected chi connectivity index (χ2v) is 9.04. The molecule has 1 atom stereocenters. The third kappa shape index (κ3) is 6.27. The van der Waals surface area contributed by atoms with Gasteiger partial charge < -0.3 is 10.1 Å². The van der Waals surface area contributed by atoms with E-state index in [0.717, 1.165) is 33.0 Å². The fraction of sp³-hybridized carbons (Fsp3) is 0.381. The smallest absolute Gasteiger partial charge is 0.241 e. The Morgan fingerprint density at radius 1 is 1.07 bits per heavy atom. The Balaban J connectivity index is 1.99. The van der Waals surface area contributed by atoms with Crippen LogP contribution in [0.4, 0.5) is 5.69 Å². The van der Waals surface area contributed by atoms with Crippen molar-refractivity contribution in [3.8, 4) is 5.75 Å². The van der Waals surface area contributed by atoms with Crippen LogP contribution in [0.5, 0.6) is 5.75 Å². The molecule has 1 amide bonds. The molecule has 0 aliphatic carbocycles. The van der Waals surface area contributed by atoms with Gasteiger partial charge in [0.25, 0.3) is 0 Å². The summed E-state index contributed by atoms with van der Waals surface area (Å²) in [4.78, 5) is 12.4. The van der Waals surface area contributed by atoms with Crippen molar-refractivity contribution in [3.05, 3.63) is 59.2 Å². The lowest BCUT2D eigenvalue weighted by atomic mass is 10.1. The molecular formula is C21H28N2O4S. The van der Waals surface area contributed by atoms with Crippen molar-refractivity contribution in [2.24, 2.45) is 0 Å². The molecule has 2 aromatic carbocycles. The van der Waals surface area contributed by atoms with Crippen LogP contribution in [0.3, 0.4) is 0 Å². The summed E-state index contributed by atoms with van der Waals surface area (Å²) >= 11 is 0. The standard InChI is InChI=1S/C21H28N2O4S/c1-15-6-10-20(11-7-15)27-14-18(4)22-21(24)13-23(28(5,25)26)19-9-8-16(2)17(3)12-19/h6-12,18H,13-14H2,1-5H3,(H,22,24)/t18-/m0/s1. The largest absolute Gasteiger partial charge is 0.491 e. The van der Waals surface area contributed by atoms with Gasteiger partial charge in [0.1, 0.15) is 18.9 Å². The number of anilines is 1. The molecule has 0 heterocycles. The highest BCUT2D eigenvalue weighted by atomic mass is 32.2. The second kappa shape index (κ2) is 9.10. The summed E-state index contributed by atoms with van der Waals surface area (Å²) in [5, 5.41) is 2.79. The van der Waals surface area contributed by atoms with Gasteiger partial charge in [-0.2, -0.15) is 0 Å². The quantitative estimate of drug-likeness (QED) is 0.734. The Bertz CT molecular complexity index is 924. The fourth-order valence-corrected chi connectivity index (χ4v) is 3.48. The lowest BCUT2D eigenvalue weighted by molar-refractivity contribution is -0.120. The van der Waals surface area contributed by atoms with E-state index in [1.165, 1.54) is 0 Å². The number of carbonyl (C=O) groups excluding carboxylic acids is 1. The van der Waals surface area contributed by atoms with Crippen molar-refractivity contribution in [1.82, 2.24) is 5.32 Å². The molecule has 0 radical (unpaired) electrons. The lowest BCUT2D eigenvalue weighted by Crippen LogP contribution is -2.44. The number of aryl methyl sites for hydroxylation is 3. The van der Waals surface area contributed by atoms with Crippen molar-refractivity contribution in [1.29, 1.82) is 0 Å². The summed E-state index contributed by atoms with van der Waals surface area (Å²) < 4.78 is 31.2. The molecule has 0 saturated carbocycles. The van der Waals surface area contributed by atoms with Gasteiger partial charge >= 0.3 is 0 Å². The number of hydrogen-bond donors (Lipinski definition) is 1. The van der Waals surface area contributed by atoms with Crippen molar-refractivity contribution < 1.29 is 17.9 Å². The van der Waals surface area contributed by atoms with Gasteiger partial charge in [-0.05, 0) is 63.1 Å². The summed E-state index contributed by atoms with van der Waals surface area (Å²) in [6.07, 6.45) is 1.10. The summed E-state index contributed by atoms with van der Waals surface area (Å²) in [5.74, 6) is 0.336. The van der Waals surface area contributed by atoms with Gasteiger partial charge in [-0.25, -0.2) is 8.42 Å². The SMILES string of the molecule is Cc1ccc(OC[C@H](C)NC(=O)CN(c2ccc(C)c(C)c2)S(C)(=O)=O)cc1. The van der Waals surface area contributed by atoms with E-state index < -0.39 is 10.0 Å². The van der Waals surface area contributed by atoms with Crippen molar-refractivity contribution in [2.75, 3.05) is 23.7 Å². The van der Waals surface area contributed by atoms with Gasteiger partial charge in [0.2, 0.25) is 15.9 Å². The molecular weight excluding hydrogens is 376 g/mol. The molecule has 0 aromatic heterocycles. The van der Waals surface area contributed by atoms with Crippen LogP contribution < -0.4 is 14.4 Å². The first kappa shape index (κ1) is 21.8. The molecule has 0 unspecified atom stereocenters. The minimum absolute atomic E-state index is 0.269. The highest BCUT2D eigenvalue weighted by Gasteiger charge is 2.22. The molecule has 1 N–H and O–H groups in total. The average molecular weight is 405 g/mol. The maximum absolute atomic E-state index is 12.4. The van der Waals surface area contributed by atoms with Crippen LogP contribution in [0.15, 0.2) is 42.5 Å². The molecule has 7 heteroatoms. The van der Waals surface area contributed by atoms with Gasteiger partial charge in [0, 0.05) is 0 Å². The van der Waals surface area contributed by atoms with Gasteiger partial charge in [-0.1, -0.05) is 23.8 Å². The summed E-state index contributed by atoms with van der Waals surface area (Å²) in [6, 6.07) is 12.7. The topological polar surface area (TPSA) is 75.7 Å². The van der Waals surface area contributed by atoms with Gasteiger partial charge in [0.05, 0.1) is 18.0 Å². The molecule has 28 heavy (non-hydrogen) atoms. The normalized spacial score (nSPS) is 12.3. The zero-order valence-corrected chi connectivity index (χ0v) is 17.8. The number of ether oxygens (including phenoxy) is 1. The average Bonchev–Trinajstić information content (AvgIpc) is 2.61. The first-order valence-corrected chi connectivity index (χ1v) is 10.9. The zero-order chi connectivity index (χ0) is 20.9. The molecule has 0 aliphatic rings. The molecule has 0 aliphatic heterocycles. The number of hydrogen-bond acceptors (Lipinski definition) is 4. The number of benzene rings is 2.